The van der Waals surface area contributed by atoms with Gasteiger partial charge < -0.3 is 0 Å². The van der Waals surface area contributed by atoms with Crippen LogP contribution in [0.15, 0.2) is 42.6 Å². The van der Waals surface area contributed by atoms with Crippen LogP contribution in [0.5, 0.6) is 0 Å². The van der Waals surface area contributed by atoms with Crippen LogP contribution in [0.25, 0.3) is 22.6 Å². The Bertz CT molecular complexity index is 1080. The molecule has 0 radical (unpaired) electrons. The van der Waals surface area contributed by atoms with Gasteiger partial charge in [0.2, 0.25) is 5.82 Å². The summed E-state index contributed by atoms with van der Waals surface area (Å²) in [4.78, 5) is 9.26. The molecule has 0 aliphatic carbocycles. The molecular weight excluding hydrogens is 388 g/mol. The molecule has 31 heavy (non-hydrogen) atoms. The normalized spacial score (nSPS) is 11.2. The first-order valence-electron chi connectivity index (χ1n) is 11.0. The van der Waals surface area contributed by atoms with Crippen molar-refractivity contribution in [3.63, 3.8) is 0 Å². The fourth-order valence-electron chi connectivity index (χ4n) is 3.55. The molecule has 1 N–H and O–H groups in total. The van der Waals surface area contributed by atoms with Crippen LogP contribution in [0.2, 0.25) is 0 Å². The number of nitrogens with zero attached hydrogens (tertiary/aromatic N) is 7. The second-order valence-electron chi connectivity index (χ2n) is 7.64. The van der Waals surface area contributed by atoms with Crippen LogP contribution in [0.1, 0.15) is 56.7 Å². The summed E-state index contributed by atoms with van der Waals surface area (Å²) in [5.74, 6) is 2.54. The minimum atomic E-state index is 0.488. The number of unbranched alkanes of at least 4 members (excludes halogenated alkanes) is 2. The average molecular weight is 417 g/mol. The van der Waals surface area contributed by atoms with Crippen LogP contribution in [0.3, 0.4) is 0 Å². The molecule has 0 aliphatic heterocycles. The van der Waals surface area contributed by atoms with Gasteiger partial charge in [-0.25, -0.2) is 9.67 Å². The predicted octanol–water partition coefficient (Wildman–Crippen LogP) is 4.25. The molecule has 4 aromatic rings. The average Bonchev–Trinajstić information content (AvgIpc) is 3.47. The number of aromatic amines is 1. The smallest absolute Gasteiger partial charge is 0.223 e. The fourth-order valence-corrected chi connectivity index (χ4v) is 3.55. The third-order valence-electron chi connectivity index (χ3n) is 5.26. The third kappa shape index (κ3) is 5.02. The maximum Gasteiger partial charge on any atom is 0.223 e. The number of H-pyrrole nitrogens is 1. The SMILES string of the molecule is CCCCc1nc(CCCC)n(Cc2ccc(-c3cccnc3-c3nn[nH]n3)cc2)n1. The number of aromatic nitrogens is 8. The number of pyridine rings is 1. The quantitative estimate of drug-likeness (QED) is 0.415. The predicted molar refractivity (Wildman–Crippen MR) is 119 cm³/mol. The van der Waals surface area contributed by atoms with Gasteiger partial charge in [-0.3, -0.25) is 4.98 Å². The second kappa shape index (κ2) is 10.1. The van der Waals surface area contributed by atoms with E-state index in [-0.39, 0.29) is 0 Å². The highest BCUT2D eigenvalue weighted by Gasteiger charge is 2.13. The van der Waals surface area contributed by atoms with Crippen LogP contribution < -0.4 is 0 Å². The van der Waals surface area contributed by atoms with Gasteiger partial charge >= 0.3 is 0 Å². The molecule has 0 bridgehead atoms. The molecule has 0 saturated carbocycles. The third-order valence-corrected chi connectivity index (χ3v) is 5.26. The summed E-state index contributed by atoms with van der Waals surface area (Å²) < 4.78 is 2.07. The number of hydrogen-bond donors (Lipinski definition) is 1. The standard InChI is InChI=1S/C23H28N8/c1-3-5-9-20-25-21(10-6-4-2)31(28-20)16-17-11-13-18(14-12-17)19-8-7-15-24-22(19)23-26-29-30-27-23/h7-8,11-15H,3-6,9-10,16H2,1-2H3,(H,26,27,29,30). The molecule has 4 rings (SSSR count). The van der Waals surface area contributed by atoms with Gasteiger partial charge in [0.05, 0.1) is 6.54 Å². The molecule has 8 heteroatoms. The van der Waals surface area contributed by atoms with Gasteiger partial charge in [-0.2, -0.15) is 10.3 Å². The fraction of sp³-hybridized carbons (Fsp3) is 0.391. The Labute approximate surface area is 182 Å². The molecule has 0 aliphatic rings. The number of benzene rings is 1. The van der Waals surface area contributed by atoms with E-state index in [0.717, 1.165) is 67.8 Å². The van der Waals surface area contributed by atoms with Gasteiger partial charge in [0.25, 0.3) is 0 Å². The van der Waals surface area contributed by atoms with E-state index in [0.29, 0.717) is 11.5 Å². The van der Waals surface area contributed by atoms with Crippen molar-refractivity contribution in [3.8, 4) is 22.6 Å². The molecule has 160 valence electrons. The van der Waals surface area contributed by atoms with E-state index in [1.807, 2.05) is 12.1 Å². The maximum atomic E-state index is 4.81. The Morgan fingerprint density at radius 1 is 0.968 bits per heavy atom. The highest BCUT2D eigenvalue weighted by Crippen LogP contribution is 2.28. The van der Waals surface area contributed by atoms with Crippen molar-refractivity contribution in [2.45, 2.75) is 58.9 Å². The molecule has 0 atom stereocenters. The number of rotatable bonds is 10. The van der Waals surface area contributed by atoms with Gasteiger partial charge in [-0.1, -0.05) is 57.0 Å². The number of nitrogens with one attached hydrogen (secondary N) is 1. The summed E-state index contributed by atoms with van der Waals surface area (Å²) >= 11 is 0. The van der Waals surface area contributed by atoms with E-state index in [1.165, 1.54) is 5.56 Å². The van der Waals surface area contributed by atoms with E-state index in [1.54, 1.807) is 6.20 Å². The van der Waals surface area contributed by atoms with Gasteiger partial charge in [0.15, 0.2) is 5.82 Å². The number of hydrogen-bond acceptors (Lipinski definition) is 6. The van der Waals surface area contributed by atoms with E-state index >= 15 is 0 Å². The second-order valence-corrected chi connectivity index (χ2v) is 7.64. The summed E-state index contributed by atoms with van der Waals surface area (Å²) in [7, 11) is 0. The largest absolute Gasteiger partial charge is 0.252 e. The van der Waals surface area contributed by atoms with Crippen LogP contribution in [0, 0.1) is 0 Å². The molecule has 0 spiro atoms. The van der Waals surface area contributed by atoms with Crippen LogP contribution in [-0.4, -0.2) is 40.4 Å². The van der Waals surface area contributed by atoms with Crippen LogP contribution >= 0.6 is 0 Å². The lowest BCUT2D eigenvalue weighted by Gasteiger charge is -2.09. The summed E-state index contributed by atoms with van der Waals surface area (Å²) in [6.45, 7) is 5.13. The molecule has 3 aromatic heterocycles. The highest BCUT2D eigenvalue weighted by molar-refractivity contribution is 5.77. The molecule has 0 amide bonds. The summed E-state index contributed by atoms with van der Waals surface area (Å²) in [5.41, 5.74) is 3.94. The lowest BCUT2D eigenvalue weighted by atomic mass is 10.0. The Morgan fingerprint density at radius 2 is 1.77 bits per heavy atom. The molecular formula is C23H28N8. The summed E-state index contributed by atoms with van der Waals surface area (Å²) in [6.07, 6.45) is 8.21. The first kappa shape index (κ1) is 20.8. The lowest BCUT2D eigenvalue weighted by molar-refractivity contribution is 0.612. The van der Waals surface area contributed by atoms with E-state index in [2.05, 4.69) is 68.4 Å². The zero-order valence-electron chi connectivity index (χ0n) is 18.1. The molecule has 8 nitrogen and oxygen atoms in total. The monoisotopic (exact) mass is 416 g/mol. The van der Waals surface area contributed by atoms with E-state index in [9.17, 15) is 0 Å². The van der Waals surface area contributed by atoms with Crippen molar-refractivity contribution in [1.82, 2.24) is 40.4 Å². The first-order chi connectivity index (χ1) is 15.3. The van der Waals surface area contributed by atoms with Crippen molar-refractivity contribution in [2.75, 3.05) is 0 Å². The summed E-state index contributed by atoms with van der Waals surface area (Å²) in [6, 6.07) is 12.4. The van der Waals surface area contributed by atoms with Crippen molar-refractivity contribution >= 4 is 0 Å². The first-order valence-corrected chi connectivity index (χ1v) is 11.0. The Morgan fingerprint density at radius 3 is 2.52 bits per heavy atom. The highest BCUT2D eigenvalue weighted by atomic mass is 15.5. The topological polar surface area (TPSA) is 98.1 Å². The number of aryl methyl sites for hydroxylation is 2. The zero-order chi connectivity index (χ0) is 21.5. The Balaban J connectivity index is 1.55. The molecule has 0 saturated heterocycles. The zero-order valence-corrected chi connectivity index (χ0v) is 18.1. The molecule has 3 heterocycles. The minimum absolute atomic E-state index is 0.488. The maximum absolute atomic E-state index is 4.81. The number of tetrazole rings is 1. The van der Waals surface area contributed by atoms with Gasteiger partial charge in [0, 0.05) is 24.6 Å². The van der Waals surface area contributed by atoms with E-state index < -0.39 is 0 Å². The lowest BCUT2D eigenvalue weighted by Crippen LogP contribution is -2.07. The molecule has 0 fully saturated rings. The van der Waals surface area contributed by atoms with E-state index in [4.69, 9.17) is 10.1 Å². The van der Waals surface area contributed by atoms with Gasteiger partial charge in [-0.05, 0) is 35.2 Å². The summed E-state index contributed by atoms with van der Waals surface area (Å²) in [5, 5.41) is 19.1. The van der Waals surface area contributed by atoms with Gasteiger partial charge in [-0.15, -0.1) is 10.2 Å². The van der Waals surface area contributed by atoms with Gasteiger partial charge in [0.1, 0.15) is 11.5 Å². The van der Waals surface area contributed by atoms with Crippen molar-refractivity contribution in [3.05, 3.63) is 59.8 Å². The Kier molecular flexibility index (Phi) is 6.76. The van der Waals surface area contributed by atoms with Crippen molar-refractivity contribution in [2.24, 2.45) is 0 Å². The molecule has 0 unspecified atom stereocenters. The molecule has 1 aromatic carbocycles. The van der Waals surface area contributed by atoms with Crippen LogP contribution in [-0.2, 0) is 19.4 Å². The van der Waals surface area contributed by atoms with Crippen LogP contribution in [0.4, 0.5) is 0 Å². The Hall–Kier alpha value is -3.42. The minimum Gasteiger partial charge on any atom is -0.252 e. The van der Waals surface area contributed by atoms with Crippen molar-refractivity contribution < 1.29 is 0 Å². The van der Waals surface area contributed by atoms with Crippen molar-refractivity contribution in [1.29, 1.82) is 0 Å².